The molecule has 0 bridgehead atoms. The average molecular weight is 418 g/mol. The van der Waals surface area contributed by atoms with Gasteiger partial charge < -0.3 is 9.80 Å². The summed E-state index contributed by atoms with van der Waals surface area (Å²) >= 11 is 0. The molecule has 2 heterocycles. The van der Waals surface area contributed by atoms with E-state index in [9.17, 15) is 14.0 Å². The summed E-state index contributed by atoms with van der Waals surface area (Å²) in [5.74, 6) is -0.230. The number of ketones is 2. The van der Waals surface area contributed by atoms with Gasteiger partial charge in [-0.1, -0.05) is 13.8 Å². The van der Waals surface area contributed by atoms with Gasteiger partial charge in [-0.2, -0.15) is 0 Å². The highest BCUT2D eigenvalue weighted by Crippen LogP contribution is 2.28. The Morgan fingerprint density at radius 3 is 2.27 bits per heavy atom. The molecule has 0 radical (unpaired) electrons. The van der Waals surface area contributed by atoms with Gasteiger partial charge in [0, 0.05) is 49.8 Å². The van der Waals surface area contributed by atoms with Crippen LogP contribution in [0.2, 0.25) is 0 Å². The van der Waals surface area contributed by atoms with Crippen LogP contribution in [0.1, 0.15) is 60.7 Å². The van der Waals surface area contributed by atoms with E-state index in [1.807, 2.05) is 18.7 Å². The van der Waals surface area contributed by atoms with E-state index in [0.717, 1.165) is 38.6 Å². The number of carbonyl (C=O) groups excluding carboxylic acids is 2. The Bertz CT molecular complexity index is 766. The van der Waals surface area contributed by atoms with Crippen molar-refractivity contribution in [3.05, 3.63) is 29.1 Å². The summed E-state index contributed by atoms with van der Waals surface area (Å²) in [5, 5.41) is 0. The normalized spacial score (nSPS) is 20.4. The summed E-state index contributed by atoms with van der Waals surface area (Å²) in [7, 11) is 2.18. The second-order valence-electron chi connectivity index (χ2n) is 9.11. The SMILES string of the molecule is CCC(C)C(=O)c1cc(F)c(N2CCN(CC3CCN(C)CC3)CC2)cc1C(C)=O. The molecule has 166 valence electrons. The molecule has 2 fully saturated rings. The largest absolute Gasteiger partial charge is 0.367 e. The van der Waals surface area contributed by atoms with Gasteiger partial charge in [-0.25, -0.2) is 4.39 Å². The number of hydrogen-bond acceptors (Lipinski definition) is 5. The van der Waals surface area contributed by atoms with Gasteiger partial charge >= 0.3 is 0 Å². The van der Waals surface area contributed by atoms with E-state index in [4.69, 9.17) is 0 Å². The zero-order valence-electron chi connectivity index (χ0n) is 18.9. The highest BCUT2D eigenvalue weighted by atomic mass is 19.1. The molecule has 3 rings (SSSR count). The van der Waals surface area contributed by atoms with Crippen molar-refractivity contribution in [1.29, 1.82) is 0 Å². The van der Waals surface area contributed by atoms with Crippen LogP contribution in [0.25, 0.3) is 0 Å². The van der Waals surface area contributed by atoms with E-state index in [2.05, 4.69) is 16.8 Å². The lowest BCUT2D eigenvalue weighted by Crippen LogP contribution is -2.49. The lowest BCUT2D eigenvalue weighted by molar-refractivity contribution is 0.0915. The van der Waals surface area contributed by atoms with E-state index >= 15 is 0 Å². The molecular formula is C24H36FN3O2. The lowest BCUT2D eigenvalue weighted by Gasteiger charge is -2.39. The summed E-state index contributed by atoms with van der Waals surface area (Å²) in [6, 6.07) is 2.88. The van der Waals surface area contributed by atoms with Crippen molar-refractivity contribution in [2.24, 2.45) is 11.8 Å². The van der Waals surface area contributed by atoms with Gasteiger partial charge in [-0.3, -0.25) is 14.5 Å². The molecule has 1 aromatic rings. The Labute approximate surface area is 180 Å². The van der Waals surface area contributed by atoms with E-state index < -0.39 is 5.82 Å². The van der Waals surface area contributed by atoms with Crippen LogP contribution in [-0.4, -0.2) is 74.2 Å². The highest BCUT2D eigenvalue weighted by Gasteiger charge is 2.27. The minimum atomic E-state index is -0.407. The summed E-state index contributed by atoms with van der Waals surface area (Å²) < 4.78 is 15.0. The van der Waals surface area contributed by atoms with Crippen molar-refractivity contribution < 1.29 is 14.0 Å². The van der Waals surface area contributed by atoms with Crippen molar-refractivity contribution in [3.8, 4) is 0 Å². The average Bonchev–Trinajstić information content (AvgIpc) is 2.74. The first-order valence-corrected chi connectivity index (χ1v) is 11.3. The molecule has 6 heteroatoms. The van der Waals surface area contributed by atoms with Crippen LogP contribution in [-0.2, 0) is 0 Å². The predicted molar refractivity (Wildman–Crippen MR) is 119 cm³/mol. The zero-order chi connectivity index (χ0) is 21.8. The fourth-order valence-corrected chi connectivity index (χ4v) is 4.53. The fraction of sp³-hybridized carbons (Fsp3) is 0.667. The number of nitrogens with zero attached hydrogens (tertiary/aromatic N) is 3. The molecule has 0 amide bonds. The minimum absolute atomic E-state index is 0.156. The van der Waals surface area contributed by atoms with Crippen molar-refractivity contribution in [2.75, 3.05) is 57.8 Å². The van der Waals surface area contributed by atoms with Crippen molar-refractivity contribution >= 4 is 17.3 Å². The maximum Gasteiger partial charge on any atom is 0.166 e. The van der Waals surface area contributed by atoms with Crippen LogP contribution in [0.15, 0.2) is 12.1 Å². The van der Waals surface area contributed by atoms with Gasteiger partial charge in [-0.15, -0.1) is 0 Å². The Hall–Kier alpha value is -1.79. The Kier molecular flexibility index (Phi) is 7.64. The monoisotopic (exact) mass is 417 g/mol. The molecule has 0 aromatic heterocycles. The molecule has 1 aromatic carbocycles. The summed E-state index contributed by atoms with van der Waals surface area (Å²) in [6.07, 6.45) is 3.16. The first kappa shape index (κ1) is 22.9. The number of rotatable bonds is 7. The zero-order valence-corrected chi connectivity index (χ0v) is 18.9. The number of benzene rings is 1. The number of hydrogen-bond donors (Lipinski definition) is 0. The third-order valence-electron chi connectivity index (χ3n) is 6.86. The van der Waals surface area contributed by atoms with Gasteiger partial charge in [0.05, 0.1) is 5.69 Å². The molecule has 0 N–H and O–H groups in total. The van der Waals surface area contributed by atoms with Crippen LogP contribution >= 0.6 is 0 Å². The maximum absolute atomic E-state index is 15.0. The van der Waals surface area contributed by atoms with Crippen LogP contribution in [0, 0.1) is 17.7 Å². The molecule has 2 aliphatic heterocycles. The molecule has 2 saturated heterocycles. The Balaban J connectivity index is 1.68. The standard InChI is InChI=1S/C24H36FN3O2/c1-5-17(2)24(30)21-14-22(25)23(15-20(21)18(3)29)28-12-10-27(11-13-28)16-19-6-8-26(4)9-7-19/h14-15,17,19H,5-13,16H2,1-4H3. The van der Waals surface area contributed by atoms with Crippen LogP contribution in [0.5, 0.6) is 0 Å². The van der Waals surface area contributed by atoms with Crippen molar-refractivity contribution in [2.45, 2.75) is 40.0 Å². The quantitative estimate of drug-likeness (QED) is 0.633. The molecule has 1 unspecified atom stereocenters. The van der Waals surface area contributed by atoms with Gasteiger partial charge in [0.15, 0.2) is 11.6 Å². The van der Waals surface area contributed by atoms with Crippen molar-refractivity contribution in [1.82, 2.24) is 9.80 Å². The van der Waals surface area contributed by atoms with Crippen molar-refractivity contribution in [3.63, 3.8) is 0 Å². The van der Waals surface area contributed by atoms with E-state index in [1.165, 1.54) is 38.9 Å². The van der Waals surface area contributed by atoms with E-state index in [0.29, 0.717) is 17.7 Å². The molecule has 5 nitrogen and oxygen atoms in total. The molecule has 0 aliphatic carbocycles. The first-order valence-electron chi connectivity index (χ1n) is 11.3. The Morgan fingerprint density at radius 1 is 1.07 bits per heavy atom. The van der Waals surface area contributed by atoms with Crippen LogP contribution in [0.4, 0.5) is 10.1 Å². The summed E-state index contributed by atoms with van der Waals surface area (Å²) in [4.78, 5) is 31.8. The minimum Gasteiger partial charge on any atom is -0.367 e. The van der Waals surface area contributed by atoms with E-state index in [-0.39, 0.29) is 23.0 Å². The molecule has 30 heavy (non-hydrogen) atoms. The second-order valence-corrected chi connectivity index (χ2v) is 9.11. The van der Waals surface area contributed by atoms with Gasteiger partial charge in [0.2, 0.25) is 0 Å². The van der Waals surface area contributed by atoms with Gasteiger partial charge in [-0.05, 0) is 64.4 Å². The molecule has 0 spiro atoms. The molecular weight excluding hydrogens is 381 g/mol. The molecule has 2 aliphatic rings. The summed E-state index contributed by atoms with van der Waals surface area (Å²) in [6.45, 7) is 11.9. The van der Waals surface area contributed by atoms with Crippen LogP contribution < -0.4 is 4.90 Å². The number of piperidine rings is 1. The topological polar surface area (TPSA) is 43.9 Å². The second kappa shape index (κ2) is 10.0. The molecule has 0 saturated carbocycles. The van der Waals surface area contributed by atoms with E-state index in [1.54, 1.807) is 6.07 Å². The van der Waals surface area contributed by atoms with Gasteiger partial charge in [0.25, 0.3) is 0 Å². The Morgan fingerprint density at radius 2 is 1.70 bits per heavy atom. The predicted octanol–water partition coefficient (Wildman–Crippen LogP) is 3.72. The third-order valence-corrected chi connectivity index (χ3v) is 6.86. The number of likely N-dealkylation sites (tertiary alicyclic amines) is 1. The number of carbonyl (C=O) groups is 2. The third kappa shape index (κ3) is 5.27. The molecule has 1 atom stereocenters. The number of halogens is 1. The number of Topliss-reactive ketones (excluding diaryl/α,β-unsaturated/α-hetero) is 2. The summed E-state index contributed by atoms with van der Waals surface area (Å²) in [5.41, 5.74) is 1.00. The van der Waals surface area contributed by atoms with Crippen LogP contribution in [0.3, 0.4) is 0 Å². The fourth-order valence-electron chi connectivity index (χ4n) is 4.53. The lowest BCUT2D eigenvalue weighted by atomic mass is 9.91. The van der Waals surface area contributed by atoms with Gasteiger partial charge in [0.1, 0.15) is 5.82 Å². The first-order chi connectivity index (χ1) is 14.3. The number of anilines is 1. The highest BCUT2D eigenvalue weighted by molar-refractivity contribution is 6.09. The smallest absolute Gasteiger partial charge is 0.166 e. The number of piperazine rings is 1. The maximum atomic E-state index is 15.0.